The number of nitrogens with zero attached hydrogens (tertiary/aromatic N) is 2. The Balaban J connectivity index is 2.54. The molecular weight excluding hydrogens is 309 g/mol. The highest BCUT2D eigenvalue weighted by Gasteiger charge is 2.11. The highest BCUT2D eigenvalue weighted by atomic mass is 35.5. The SMILES string of the molecule is CCN(CC)C(=O)CCNc1nc(Cl)c(Cl)cc1Cl. The Kier molecular flexibility index (Phi) is 6.69. The van der Waals surface area contributed by atoms with E-state index in [0.29, 0.717) is 41.9 Å². The van der Waals surface area contributed by atoms with Gasteiger partial charge in [-0.2, -0.15) is 0 Å². The summed E-state index contributed by atoms with van der Waals surface area (Å²) in [5.41, 5.74) is 0. The molecule has 0 radical (unpaired) electrons. The first-order valence-corrected chi connectivity index (χ1v) is 7.16. The van der Waals surface area contributed by atoms with Crippen molar-refractivity contribution in [3.63, 3.8) is 0 Å². The van der Waals surface area contributed by atoms with Gasteiger partial charge in [0.05, 0.1) is 10.0 Å². The minimum atomic E-state index is 0.0914. The molecule has 19 heavy (non-hydrogen) atoms. The van der Waals surface area contributed by atoms with Gasteiger partial charge >= 0.3 is 0 Å². The number of amides is 1. The molecule has 0 aliphatic heterocycles. The van der Waals surface area contributed by atoms with Gasteiger partial charge in [0.25, 0.3) is 0 Å². The first-order valence-electron chi connectivity index (χ1n) is 6.02. The molecule has 0 bridgehead atoms. The Labute approximate surface area is 128 Å². The first kappa shape index (κ1) is 16.3. The number of pyridine rings is 1. The highest BCUT2D eigenvalue weighted by molar-refractivity contribution is 6.42. The van der Waals surface area contributed by atoms with Gasteiger partial charge in [-0.25, -0.2) is 4.98 Å². The second kappa shape index (κ2) is 7.78. The van der Waals surface area contributed by atoms with Crippen LogP contribution < -0.4 is 5.32 Å². The van der Waals surface area contributed by atoms with Crippen molar-refractivity contribution in [2.24, 2.45) is 0 Å². The third-order valence-corrected chi connectivity index (χ3v) is 3.60. The summed E-state index contributed by atoms with van der Waals surface area (Å²) in [4.78, 5) is 17.6. The zero-order valence-electron chi connectivity index (χ0n) is 10.8. The van der Waals surface area contributed by atoms with E-state index < -0.39 is 0 Å². The van der Waals surface area contributed by atoms with E-state index in [9.17, 15) is 4.79 Å². The Hall–Kier alpha value is -0.710. The molecule has 1 aromatic heterocycles. The van der Waals surface area contributed by atoms with Gasteiger partial charge in [-0.15, -0.1) is 0 Å². The lowest BCUT2D eigenvalue weighted by Gasteiger charge is -2.18. The molecule has 106 valence electrons. The van der Waals surface area contributed by atoms with Crippen molar-refractivity contribution in [2.75, 3.05) is 25.0 Å². The minimum absolute atomic E-state index is 0.0914. The van der Waals surface area contributed by atoms with Crippen molar-refractivity contribution in [1.82, 2.24) is 9.88 Å². The summed E-state index contributed by atoms with van der Waals surface area (Å²) in [6, 6.07) is 1.52. The van der Waals surface area contributed by atoms with E-state index in [0.717, 1.165) is 0 Å². The largest absolute Gasteiger partial charge is 0.368 e. The number of hydrogen-bond acceptors (Lipinski definition) is 3. The zero-order valence-corrected chi connectivity index (χ0v) is 13.1. The van der Waals surface area contributed by atoms with Crippen LogP contribution in [0.15, 0.2) is 6.07 Å². The summed E-state index contributed by atoms with van der Waals surface area (Å²) in [6.45, 7) is 5.76. The lowest BCUT2D eigenvalue weighted by atomic mass is 10.3. The number of aromatic nitrogens is 1. The maximum atomic E-state index is 11.8. The van der Waals surface area contributed by atoms with Crippen LogP contribution in [0.25, 0.3) is 0 Å². The summed E-state index contributed by atoms with van der Waals surface area (Å²) in [7, 11) is 0. The van der Waals surface area contributed by atoms with Gasteiger partial charge in [-0.05, 0) is 19.9 Å². The molecule has 4 nitrogen and oxygen atoms in total. The average molecular weight is 325 g/mol. The van der Waals surface area contributed by atoms with Crippen LogP contribution in [0, 0.1) is 0 Å². The summed E-state index contributed by atoms with van der Waals surface area (Å²) in [6.07, 6.45) is 0.375. The van der Waals surface area contributed by atoms with Crippen molar-refractivity contribution in [1.29, 1.82) is 0 Å². The third kappa shape index (κ3) is 4.71. The second-order valence-electron chi connectivity index (χ2n) is 3.83. The van der Waals surface area contributed by atoms with Crippen LogP contribution in [0.5, 0.6) is 0 Å². The molecule has 7 heteroatoms. The summed E-state index contributed by atoms with van der Waals surface area (Å²) in [5.74, 6) is 0.525. The molecule has 1 N–H and O–H groups in total. The molecule has 0 saturated carbocycles. The summed E-state index contributed by atoms with van der Waals surface area (Å²) < 4.78 is 0. The lowest BCUT2D eigenvalue weighted by Crippen LogP contribution is -2.31. The fourth-order valence-corrected chi connectivity index (χ4v) is 2.15. The predicted octanol–water partition coefficient (Wildman–Crippen LogP) is 3.71. The Bertz CT molecular complexity index is 450. The minimum Gasteiger partial charge on any atom is -0.368 e. The molecule has 0 atom stereocenters. The van der Waals surface area contributed by atoms with Crippen LogP contribution in [0.1, 0.15) is 20.3 Å². The van der Waals surface area contributed by atoms with Gasteiger partial charge in [0, 0.05) is 26.1 Å². The molecule has 0 aliphatic carbocycles. The topological polar surface area (TPSA) is 45.2 Å². The van der Waals surface area contributed by atoms with Crippen LogP contribution in [-0.2, 0) is 4.79 Å². The van der Waals surface area contributed by atoms with E-state index in [2.05, 4.69) is 10.3 Å². The summed E-state index contributed by atoms with van der Waals surface area (Å²) >= 11 is 17.6. The molecule has 1 rings (SSSR count). The number of rotatable bonds is 6. The molecular formula is C12H16Cl3N3O. The first-order chi connectivity index (χ1) is 8.99. The van der Waals surface area contributed by atoms with Crippen molar-refractivity contribution in [3.8, 4) is 0 Å². The van der Waals surface area contributed by atoms with Crippen molar-refractivity contribution in [3.05, 3.63) is 21.3 Å². The van der Waals surface area contributed by atoms with E-state index >= 15 is 0 Å². The summed E-state index contributed by atoms with van der Waals surface area (Å²) in [5, 5.41) is 3.85. The molecule has 0 fully saturated rings. The van der Waals surface area contributed by atoms with Crippen molar-refractivity contribution < 1.29 is 4.79 Å². The number of halogens is 3. The molecule has 0 aromatic carbocycles. The van der Waals surface area contributed by atoms with Gasteiger partial charge in [0.2, 0.25) is 5.91 Å². The fourth-order valence-electron chi connectivity index (χ4n) is 1.59. The quantitative estimate of drug-likeness (QED) is 0.811. The van der Waals surface area contributed by atoms with E-state index in [1.54, 1.807) is 4.90 Å². The molecule has 0 aliphatic rings. The van der Waals surface area contributed by atoms with Gasteiger partial charge in [-0.3, -0.25) is 4.79 Å². The van der Waals surface area contributed by atoms with E-state index in [4.69, 9.17) is 34.8 Å². The normalized spacial score (nSPS) is 10.4. The lowest BCUT2D eigenvalue weighted by molar-refractivity contribution is -0.130. The van der Waals surface area contributed by atoms with Crippen LogP contribution in [-0.4, -0.2) is 35.4 Å². The Morgan fingerprint density at radius 3 is 2.47 bits per heavy atom. The van der Waals surface area contributed by atoms with Crippen molar-refractivity contribution in [2.45, 2.75) is 20.3 Å². The zero-order chi connectivity index (χ0) is 14.4. The van der Waals surface area contributed by atoms with Gasteiger partial charge in [0.15, 0.2) is 0 Å². The second-order valence-corrected chi connectivity index (χ2v) is 5.01. The average Bonchev–Trinajstić information content (AvgIpc) is 2.37. The number of anilines is 1. The van der Waals surface area contributed by atoms with E-state index in [1.165, 1.54) is 6.07 Å². The highest BCUT2D eigenvalue weighted by Crippen LogP contribution is 2.28. The molecule has 0 spiro atoms. The molecule has 0 unspecified atom stereocenters. The van der Waals surface area contributed by atoms with Crippen molar-refractivity contribution >= 4 is 46.5 Å². The number of nitrogens with one attached hydrogen (secondary N) is 1. The van der Waals surface area contributed by atoms with Gasteiger partial charge in [-0.1, -0.05) is 34.8 Å². The number of hydrogen-bond donors (Lipinski definition) is 1. The molecule has 1 heterocycles. The van der Waals surface area contributed by atoms with Crippen LogP contribution in [0.2, 0.25) is 15.2 Å². The van der Waals surface area contributed by atoms with Gasteiger partial charge < -0.3 is 10.2 Å². The molecule has 1 aromatic rings. The Morgan fingerprint density at radius 2 is 1.89 bits per heavy atom. The maximum absolute atomic E-state index is 11.8. The van der Waals surface area contributed by atoms with Crippen LogP contribution in [0.3, 0.4) is 0 Å². The van der Waals surface area contributed by atoms with Gasteiger partial charge in [0.1, 0.15) is 11.0 Å². The van der Waals surface area contributed by atoms with E-state index in [1.807, 2.05) is 13.8 Å². The fraction of sp³-hybridized carbons (Fsp3) is 0.500. The third-order valence-electron chi connectivity index (χ3n) is 2.63. The number of carbonyl (C=O) groups excluding carboxylic acids is 1. The Morgan fingerprint density at radius 1 is 1.26 bits per heavy atom. The molecule has 1 amide bonds. The predicted molar refractivity (Wildman–Crippen MR) is 80.3 cm³/mol. The number of carbonyl (C=O) groups is 1. The van der Waals surface area contributed by atoms with Crippen LogP contribution >= 0.6 is 34.8 Å². The van der Waals surface area contributed by atoms with E-state index in [-0.39, 0.29) is 11.1 Å². The maximum Gasteiger partial charge on any atom is 0.224 e. The van der Waals surface area contributed by atoms with Crippen LogP contribution in [0.4, 0.5) is 5.82 Å². The molecule has 0 saturated heterocycles. The monoisotopic (exact) mass is 323 g/mol. The smallest absolute Gasteiger partial charge is 0.224 e. The standard InChI is InChI=1S/C12H16Cl3N3O/c1-3-18(4-2)10(19)5-6-16-12-9(14)7-8(13)11(15)17-12/h7H,3-6H2,1-2H3,(H,16,17).